The van der Waals surface area contributed by atoms with Crippen LogP contribution in [0.25, 0.3) is 0 Å². The highest BCUT2D eigenvalue weighted by Crippen LogP contribution is 2.14. The summed E-state index contributed by atoms with van der Waals surface area (Å²) in [7, 11) is 1.59. The minimum Gasteiger partial charge on any atom is -0.497 e. The molecule has 0 unspecified atom stereocenters. The molecule has 2 N–H and O–H groups in total. The first-order valence-electron chi connectivity index (χ1n) is 7.40. The molecule has 6 heteroatoms. The van der Waals surface area contributed by atoms with Crippen LogP contribution in [0.15, 0.2) is 24.3 Å². The Morgan fingerprint density at radius 3 is 2.23 bits per heavy atom. The van der Waals surface area contributed by atoms with Crippen molar-refractivity contribution in [3.63, 3.8) is 0 Å². The van der Waals surface area contributed by atoms with E-state index in [1.54, 1.807) is 36.3 Å². The molecule has 2 amide bonds. The Morgan fingerprint density at radius 1 is 1.14 bits per heavy atom. The molecule has 1 rings (SSSR count). The van der Waals surface area contributed by atoms with E-state index in [9.17, 15) is 9.59 Å². The Hall–Kier alpha value is -2.08. The first-order chi connectivity index (χ1) is 10.4. The molecule has 0 aliphatic rings. The lowest BCUT2D eigenvalue weighted by atomic mass is 10.3. The van der Waals surface area contributed by atoms with Gasteiger partial charge < -0.3 is 15.4 Å². The second kappa shape index (κ2) is 9.04. The Morgan fingerprint density at radius 2 is 1.73 bits per heavy atom. The number of amides is 2. The smallest absolute Gasteiger partial charge is 0.238 e. The highest BCUT2D eigenvalue weighted by Gasteiger charge is 2.13. The number of nitrogens with one attached hydrogen (secondary N) is 2. The van der Waals surface area contributed by atoms with Crippen molar-refractivity contribution in [2.24, 2.45) is 0 Å². The van der Waals surface area contributed by atoms with Crippen molar-refractivity contribution in [3.05, 3.63) is 24.3 Å². The average molecular weight is 307 g/mol. The van der Waals surface area contributed by atoms with Crippen LogP contribution in [0, 0.1) is 0 Å². The van der Waals surface area contributed by atoms with E-state index in [-0.39, 0.29) is 30.9 Å². The van der Waals surface area contributed by atoms with Crippen LogP contribution in [0.2, 0.25) is 0 Å². The number of likely N-dealkylation sites (N-methyl/N-ethyl adjacent to an activating group) is 1. The van der Waals surface area contributed by atoms with Crippen molar-refractivity contribution in [1.82, 2.24) is 10.2 Å². The van der Waals surface area contributed by atoms with Crippen molar-refractivity contribution >= 4 is 17.5 Å². The summed E-state index contributed by atoms with van der Waals surface area (Å²) in [4.78, 5) is 25.5. The monoisotopic (exact) mass is 307 g/mol. The summed E-state index contributed by atoms with van der Waals surface area (Å²) in [5.74, 6) is 0.511. The first-order valence-corrected chi connectivity index (χ1v) is 7.40. The Balaban J connectivity index is 2.48. The van der Waals surface area contributed by atoms with E-state index in [4.69, 9.17) is 4.74 Å². The van der Waals surface area contributed by atoms with Gasteiger partial charge in [0.1, 0.15) is 5.75 Å². The number of nitrogens with zero attached hydrogens (tertiary/aromatic N) is 1. The van der Waals surface area contributed by atoms with Crippen molar-refractivity contribution in [2.75, 3.05) is 32.1 Å². The molecule has 1 aromatic carbocycles. The Labute approximate surface area is 131 Å². The van der Waals surface area contributed by atoms with E-state index in [0.717, 1.165) is 5.75 Å². The lowest BCUT2D eigenvalue weighted by Gasteiger charge is -2.20. The van der Waals surface area contributed by atoms with Gasteiger partial charge in [-0.25, -0.2) is 0 Å². The second-order valence-electron chi connectivity index (χ2n) is 5.30. The van der Waals surface area contributed by atoms with E-state index in [2.05, 4.69) is 10.6 Å². The van der Waals surface area contributed by atoms with Crippen LogP contribution in [0.1, 0.15) is 20.8 Å². The van der Waals surface area contributed by atoms with Crippen LogP contribution in [0.5, 0.6) is 5.75 Å². The number of anilines is 1. The molecular weight excluding hydrogens is 282 g/mol. The van der Waals surface area contributed by atoms with Crippen molar-refractivity contribution in [3.8, 4) is 5.75 Å². The molecule has 0 saturated heterocycles. The predicted octanol–water partition coefficient (Wildman–Crippen LogP) is 1.48. The highest BCUT2D eigenvalue weighted by atomic mass is 16.5. The fourth-order valence-electron chi connectivity index (χ4n) is 1.93. The summed E-state index contributed by atoms with van der Waals surface area (Å²) in [5.41, 5.74) is 0.702. The van der Waals surface area contributed by atoms with Gasteiger partial charge in [0.2, 0.25) is 11.8 Å². The largest absolute Gasteiger partial charge is 0.497 e. The van der Waals surface area contributed by atoms with Gasteiger partial charge in [-0.1, -0.05) is 6.92 Å². The van der Waals surface area contributed by atoms with E-state index in [1.807, 2.05) is 20.8 Å². The van der Waals surface area contributed by atoms with Gasteiger partial charge in [0, 0.05) is 11.7 Å². The molecular formula is C16H25N3O3. The van der Waals surface area contributed by atoms with Crippen molar-refractivity contribution in [1.29, 1.82) is 0 Å². The lowest BCUT2D eigenvalue weighted by molar-refractivity contribution is -0.123. The van der Waals surface area contributed by atoms with Gasteiger partial charge in [-0.2, -0.15) is 0 Å². The molecule has 0 bridgehead atoms. The maximum absolute atomic E-state index is 12.0. The van der Waals surface area contributed by atoms with E-state index in [0.29, 0.717) is 12.2 Å². The number of carbonyl (C=O) groups is 2. The van der Waals surface area contributed by atoms with Crippen LogP contribution in [-0.2, 0) is 9.59 Å². The number of rotatable bonds is 8. The Kier molecular flexibility index (Phi) is 7.39. The SMILES string of the molecule is CCN(CC(=O)Nc1ccc(OC)cc1)CC(=O)NC(C)C. The van der Waals surface area contributed by atoms with Crippen molar-refractivity contribution < 1.29 is 14.3 Å². The van der Waals surface area contributed by atoms with Crippen LogP contribution in [0.4, 0.5) is 5.69 Å². The summed E-state index contributed by atoms with van der Waals surface area (Å²) in [6.45, 7) is 6.75. The van der Waals surface area contributed by atoms with Crippen LogP contribution in [0.3, 0.4) is 0 Å². The van der Waals surface area contributed by atoms with Gasteiger partial charge in [-0.3, -0.25) is 14.5 Å². The topological polar surface area (TPSA) is 70.7 Å². The molecule has 0 aliphatic heterocycles. The predicted molar refractivity (Wildman–Crippen MR) is 87.0 cm³/mol. The summed E-state index contributed by atoms with van der Waals surface area (Å²) in [6.07, 6.45) is 0. The second-order valence-corrected chi connectivity index (χ2v) is 5.30. The molecule has 0 saturated carbocycles. The standard InChI is InChI=1S/C16H25N3O3/c1-5-19(10-15(20)17-12(2)3)11-16(21)18-13-6-8-14(22-4)9-7-13/h6-9,12H,5,10-11H2,1-4H3,(H,17,20)(H,18,21). The molecule has 6 nitrogen and oxygen atoms in total. The number of hydrogen-bond acceptors (Lipinski definition) is 4. The fraction of sp³-hybridized carbons (Fsp3) is 0.500. The maximum Gasteiger partial charge on any atom is 0.238 e. The van der Waals surface area contributed by atoms with Crippen LogP contribution in [-0.4, -0.2) is 49.5 Å². The third kappa shape index (κ3) is 6.58. The fourth-order valence-corrected chi connectivity index (χ4v) is 1.93. The van der Waals surface area contributed by atoms with Crippen LogP contribution >= 0.6 is 0 Å². The minimum absolute atomic E-state index is 0.0749. The number of carbonyl (C=O) groups excluding carboxylic acids is 2. The minimum atomic E-state index is -0.149. The van der Waals surface area contributed by atoms with E-state index < -0.39 is 0 Å². The molecule has 0 fully saturated rings. The van der Waals surface area contributed by atoms with Gasteiger partial charge >= 0.3 is 0 Å². The van der Waals surface area contributed by atoms with E-state index >= 15 is 0 Å². The summed E-state index contributed by atoms with van der Waals surface area (Å²) < 4.78 is 5.07. The molecule has 0 spiro atoms. The number of benzene rings is 1. The molecule has 1 aromatic rings. The molecule has 0 heterocycles. The maximum atomic E-state index is 12.0. The first kappa shape index (κ1) is 18.0. The third-order valence-electron chi connectivity index (χ3n) is 3.01. The molecule has 0 aliphatic carbocycles. The van der Waals surface area contributed by atoms with Crippen molar-refractivity contribution in [2.45, 2.75) is 26.8 Å². The van der Waals surface area contributed by atoms with Gasteiger partial charge in [-0.05, 0) is 44.7 Å². The normalized spacial score (nSPS) is 10.6. The Bertz CT molecular complexity index is 486. The zero-order valence-electron chi connectivity index (χ0n) is 13.7. The van der Waals surface area contributed by atoms with Gasteiger partial charge in [0.05, 0.1) is 20.2 Å². The number of hydrogen-bond donors (Lipinski definition) is 2. The number of methoxy groups -OCH3 is 1. The zero-order chi connectivity index (χ0) is 16.5. The van der Waals surface area contributed by atoms with Gasteiger partial charge in [0.25, 0.3) is 0 Å². The van der Waals surface area contributed by atoms with Gasteiger partial charge in [-0.15, -0.1) is 0 Å². The summed E-state index contributed by atoms with van der Waals surface area (Å²) >= 11 is 0. The summed E-state index contributed by atoms with van der Waals surface area (Å²) in [5, 5.41) is 5.62. The molecule has 0 radical (unpaired) electrons. The lowest BCUT2D eigenvalue weighted by Crippen LogP contribution is -2.42. The third-order valence-corrected chi connectivity index (χ3v) is 3.01. The average Bonchev–Trinajstić information content (AvgIpc) is 2.46. The van der Waals surface area contributed by atoms with E-state index in [1.165, 1.54) is 0 Å². The highest BCUT2D eigenvalue weighted by molar-refractivity contribution is 5.92. The molecule has 0 aromatic heterocycles. The number of ether oxygens (including phenoxy) is 1. The molecule has 22 heavy (non-hydrogen) atoms. The zero-order valence-corrected chi connectivity index (χ0v) is 13.7. The quantitative estimate of drug-likeness (QED) is 0.763. The molecule has 0 atom stereocenters. The summed E-state index contributed by atoms with van der Waals surface area (Å²) in [6, 6.07) is 7.21. The molecule has 122 valence electrons. The van der Waals surface area contributed by atoms with Crippen LogP contribution < -0.4 is 15.4 Å². The van der Waals surface area contributed by atoms with Gasteiger partial charge in [0.15, 0.2) is 0 Å².